The second kappa shape index (κ2) is 6.14. The van der Waals surface area contributed by atoms with Crippen molar-refractivity contribution < 1.29 is 9.15 Å². The lowest BCUT2D eigenvalue weighted by atomic mass is 9.98. The Balaban J connectivity index is 1.72. The molecule has 3 heteroatoms. The van der Waals surface area contributed by atoms with E-state index < -0.39 is 0 Å². The van der Waals surface area contributed by atoms with E-state index in [0.29, 0.717) is 6.04 Å². The molecule has 1 atom stereocenters. The molecule has 2 heterocycles. The maximum absolute atomic E-state index is 5.58. The molecule has 20 heavy (non-hydrogen) atoms. The number of ether oxygens (including phenoxy) is 1. The smallest absolute Gasteiger partial charge is 0.122 e. The Labute approximate surface area is 119 Å². The van der Waals surface area contributed by atoms with Crippen LogP contribution in [0.25, 0.3) is 0 Å². The Hall–Kier alpha value is -1.74. The molecule has 1 aliphatic rings. The minimum atomic E-state index is 0.371. The van der Waals surface area contributed by atoms with Gasteiger partial charge >= 0.3 is 0 Å². The minimum Gasteiger partial charge on any atom is -0.493 e. The molecular weight excluding hydrogens is 250 g/mol. The van der Waals surface area contributed by atoms with Gasteiger partial charge in [-0.15, -0.1) is 0 Å². The molecule has 1 aromatic carbocycles. The average molecular weight is 271 g/mol. The largest absolute Gasteiger partial charge is 0.493 e. The molecule has 0 spiro atoms. The predicted molar refractivity (Wildman–Crippen MR) is 79.1 cm³/mol. The van der Waals surface area contributed by atoms with Crippen molar-refractivity contribution in [2.45, 2.75) is 32.2 Å². The summed E-state index contributed by atoms with van der Waals surface area (Å²) in [4.78, 5) is 0. The van der Waals surface area contributed by atoms with E-state index in [2.05, 4.69) is 30.4 Å². The normalized spacial score (nSPS) is 14.8. The number of aryl methyl sites for hydroxylation is 1. The van der Waals surface area contributed by atoms with Gasteiger partial charge < -0.3 is 14.5 Å². The summed E-state index contributed by atoms with van der Waals surface area (Å²) in [6, 6.07) is 10.9. The Kier molecular flexibility index (Phi) is 4.07. The number of hydrogen-bond acceptors (Lipinski definition) is 3. The van der Waals surface area contributed by atoms with Crippen molar-refractivity contribution in [2.75, 3.05) is 13.2 Å². The Morgan fingerprint density at radius 1 is 1.30 bits per heavy atom. The van der Waals surface area contributed by atoms with Crippen LogP contribution in [0.2, 0.25) is 0 Å². The maximum atomic E-state index is 5.58. The van der Waals surface area contributed by atoms with E-state index in [1.54, 1.807) is 6.26 Å². The van der Waals surface area contributed by atoms with Gasteiger partial charge in [-0.3, -0.25) is 0 Å². The van der Waals surface area contributed by atoms with E-state index >= 15 is 0 Å². The van der Waals surface area contributed by atoms with Crippen LogP contribution < -0.4 is 10.1 Å². The van der Waals surface area contributed by atoms with Crippen molar-refractivity contribution in [1.29, 1.82) is 0 Å². The van der Waals surface area contributed by atoms with Gasteiger partial charge in [0.1, 0.15) is 11.5 Å². The van der Waals surface area contributed by atoms with E-state index in [9.17, 15) is 0 Å². The number of hydrogen-bond donors (Lipinski definition) is 1. The molecule has 0 saturated heterocycles. The maximum Gasteiger partial charge on any atom is 0.122 e. The van der Waals surface area contributed by atoms with Crippen LogP contribution in [0.5, 0.6) is 5.75 Å². The first-order valence-electron chi connectivity index (χ1n) is 7.38. The molecule has 1 N–H and O–H groups in total. The van der Waals surface area contributed by atoms with Gasteiger partial charge in [0.05, 0.1) is 12.9 Å². The summed E-state index contributed by atoms with van der Waals surface area (Å²) in [6.07, 6.45) is 4.77. The van der Waals surface area contributed by atoms with Crippen LogP contribution >= 0.6 is 0 Å². The van der Waals surface area contributed by atoms with Crippen molar-refractivity contribution in [3.05, 3.63) is 53.5 Å². The molecule has 0 aliphatic carbocycles. The number of furan rings is 1. The molecule has 0 saturated carbocycles. The first-order valence-corrected chi connectivity index (χ1v) is 7.38. The predicted octanol–water partition coefficient (Wildman–Crippen LogP) is 3.50. The first-order chi connectivity index (χ1) is 9.86. The molecule has 2 aromatic rings. The van der Waals surface area contributed by atoms with Gasteiger partial charge in [0.25, 0.3) is 0 Å². The van der Waals surface area contributed by atoms with E-state index in [1.807, 2.05) is 12.1 Å². The second-order valence-corrected chi connectivity index (χ2v) is 5.19. The van der Waals surface area contributed by atoms with Gasteiger partial charge in [-0.1, -0.05) is 19.1 Å². The summed E-state index contributed by atoms with van der Waals surface area (Å²) in [5.41, 5.74) is 2.69. The highest BCUT2D eigenvalue weighted by Crippen LogP contribution is 2.29. The summed E-state index contributed by atoms with van der Waals surface area (Å²) in [6.45, 7) is 3.93. The number of fused-ring (bicyclic) bond motifs is 1. The third-order valence-corrected chi connectivity index (χ3v) is 3.83. The molecule has 0 radical (unpaired) electrons. The van der Waals surface area contributed by atoms with Crippen LogP contribution in [0.4, 0.5) is 0 Å². The van der Waals surface area contributed by atoms with Crippen LogP contribution in [0, 0.1) is 0 Å². The van der Waals surface area contributed by atoms with Crippen LogP contribution in [0.15, 0.2) is 41.0 Å². The van der Waals surface area contributed by atoms with Gasteiger partial charge in [-0.05, 0) is 42.3 Å². The van der Waals surface area contributed by atoms with Crippen LogP contribution in [-0.4, -0.2) is 13.2 Å². The molecule has 3 nitrogen and oxygen atoms in total. The van der Waals surface area contributed by atoms with E-state index in [4.69, 9.17) is 9.15 Å². The number of nitrogens with one attached hydrogen (secondary N) is 1. The highest BCUT2D eigenvalue weighted by molar-refractivity contribution is 5.40. The minimum absolute atomic E-state index is 0.371. The lowest BCUT2D eigenvalue weighted by Gasteiger charge is -2.18. The van der Waals surface area contributed by atoms with Crippen molar-refractivity contribution >= 4 is 0 Å². The zero-order valence-corrected chi connectivity index (χ0v) is 11.9. The fourth-order valence-electron chi connectivity index (χ4n) is 2.80. The molecule has 3 rings (SSSR count). The van der Waals surface area contributed by atoms with Gasteiger partial charge in [-0.25, -0.2) is 0 Å². The first kappa shape index (κ1) is 13.3. The fraction of sp³-hybridized carbons (Fsp3) is 0.412. The standard InChI is InChI=1S/C17H21NO2/c1-2-18-16(7-6-15-4-3-10-19-15)13-5-8-17-14(12-13)9-11-20-17/h3-5,8,10,12,16,18H,2,6-7,9,11H2,1H3. The molecule has 0 amide bonds. The molecule has 106 valence electrons. The van der Waals surface area contributed by atoms with Crippen molar-refractivity contribution in [3.63, 3.8) is 0 Å². The third kappa shape index (κ3) is 2.88. The topological polar surface area (TPSA) is 34.4 Å². The highest BCUT2D eigenvalue weighted by Gasteiger charge is 2.16. The highest BCUT2D eigenvalue weighted by atomic mass is 16.5. The number of benzene rings is 1. The van der Waals surface area contributed by atoms with Crippen molar-refractivity contribution in [3.8, 4) is 5.75 Å². The number of rotatable bonds is 6. The molecule has 1 aliphatic heterocycles. The van der Waals surface area contributed by atoms with Gasteiger partial charge in [0, 0.05) is 18.9 Å². The van der Waals surface area contributed by atoms with Crippen molar-refractivity contribution in [2.24, 2.45) is 0 Å². The summed E-state index contributed by atoms with van der Waals surface area (Å²) < 4.78 is 11.0. The lowest BCUT2D eigenvalue weighted by molar-refractivity contribution is 0.356. The fourth-order valence-corrected chi connectivity index (χ4v) is 2.80. The molecule has 0 bridgehead atoms. The van der Waals surface area contributed by atoms with Crippen LogP contribution in [-0.2, 0) is 12.8 Å². The zero-order chi connectivity index (χ0) is 13.8. The quantitative estimate of drug-likeness (QED) is 0.873. The summed E-state index contributed by atoms with van der Waals surface area (Å²) in [7, 11) is 0. The lowest BCUT2D eigenvalue weighted by Crippen LogP contribution is -2.21. The summed E-state index contributed by atoms with van der Waals surface area (Å²) >= 11 is 0. The zero-order valence-electron chi connectivity index (χ0n) is 11.9. The van der Waals surface area contributed by atoms with E-state index in [0.717, 1.165) is 43.9 Å². The van der Waals surface area contributed by atoms with Crippen molar-refractivity contribution in [1.82, 2.24) is 5.32 Å². The van der Waals surface area contributed by atoms with E-state index in [1.165, 1.54) is 11.1 Å². The summed E-state index contributed by atoms with van der Waals surface area (Å²) in [5.74, 6) is 2.10. The SMILES string of the molecule is CCNC(CCc1ccco1)c1ccc2c(c1)CCO2. The van der Waals surface area contributed by atoms with Crippen LogP contribution in [0.1, 0.15) is 36.3 Å². The Morgan fingerprint density at radius 2 is 2.25 bits per heavy atom. The molecule has 1 aromatic heterocycles. The Bertz CT molecular complexity index is 548. The van der Waals surface area contributed by atoms with E-state index in [-0.39, 0.29) is 0 Å². The van der Waals surface area contributed by atoms with Gasteiger partial charge in [-0.2, -0.15) is 0 Å². The van der Waals surface area contributed by atoms with Crippen LogP contribution in [0.3, 0.4) is 0 Å². The molecular formula is C17H21NO2. The Morgan fingerprint density at radius 3 is 3.05 bits per heavy atom. The molecule has 0 fully saturated rings. The van der Waals surface area contributed by atoms with Gasteiger partial charge in [0.2, 0.25) is 0 Å². The monoisotopic (exact) mass is 271 g/mol. The van der Waals surface area contributed by atoms with Gasteiger partial charge in [0.15, 0.2) is 0 Å². The molecule has 1 unspecified atom stereocenters. The average Bonchev–Trinajstić information content (AvgIpc) is 3.13. The summed E-state index contributed by atoms with van der Waals surface area (Å²) in [5, 5.41) is 3.57. The second-order valence-electron chi connectivity index (χ2n) is 5.19. The third-order valence-electron chi connectivity index (χ3n) is 3.83.